The molecule has 0 saturated heterocycles. The molecule has 0 saturated carbocycles. The predicted molar refractivity (Wildman–Crippen MR) is 159 cm³/mol. The summed E-state index contributed by atoms with van der Waals surface area (Å²) in [5.74, 6) is -2.14. The van der Waals surface area contributed by atoms with Crippen LogP contribution in [0.2, 0.25) is 0 Å². The average Bonchev–Trinajstić information content (AvgIpc) is 2.97. The Bertz CT molecular complexity index is 1310. The lowest BCUT2D eigenvalue weighted by atomic mass is 9.84. The van der Waals surface area contributed by atoms with Gasteiger partial charge in [0.2, 0.25) is 11.7 Å². The molecule has 11 nitrogen and oxygen atoms in total. The molecule has 3 rings (SSSR count). The van der Waals surface area contributed by atoms with E-state index < -0.39 is 29.6 Å². The van der Waals surface area contributed by atoms with E-state index in [2.05, 4.69) is 5.32 Å². The Kier molecular flexibility index (Phi) is 12.2. The number of allylic oxidation sites excluding steroid dienone is 1. The Balaban J connectivity index is 2.23. The third-order valence-electron chi connectivity index (χ3n) is 7.31. The minimum atomic E-state index is -0.994. The molecule has 1 aliphatic rings. The van der Waals surface area contributed by atoms with Crippen LogP contribution in [0.1, 0.15) is 84.8 Å². The van der Waals surface area contributed by atoms with Gasteiger partial charge in [0.05, 0.1) is 34.0 Å². The van der Waals surface area contributed by atoms with Crippen LogP contribution in [-0.2, 0) is 14.3 Å². The lowest BCUT2D eigenvalue weighted by Gasteiger charge is -2.24. The van der Waals surface area contributed by atoms with E-state index in [9.17, 15) is 29.7 Å². The summed E-state index contributed by atoms with van der Waals surface area (Å²) >= 11 is 0. The molecular formula is C32H41NO10. The Morgan fingerprint density at radius 3 is 2.35 bits per heavy atom. The molecule has 2 aromatic carbocycles. The Morgan fingerprint density at radius 1 is 1.05 bits per heavy atom. The van der Waals surface area contributed by atoms with E-state index >= 15 is 0 Å². The summed E-state index contributed by atoms with van der Waals surface area (Å²) in [6.07, 6.45) is 5.62. The van der Waals surface area contributed by atoms with Gasteiger partial charge in [-0.25, -0.2) is 4.79 Å². The highest BCUT2D eigenvalue weighted by Crippen LogP contribution is 2.47. The molecule has 2 atom stereocenters. The highest BCUT2D eigenvalue weighted by atomic mass is 16.5. The number of phenols is 2. The van der Waals surface area contributed by atoms with Crippen molar-refractivity contribution in [2.24, 2.45) is 0 Å². The van der Waals surface area contributed by atoms with Gasteiger partial charge >= 0.3 is 5.97 Å². The van der Waals surface area contributed by atoms with Gasteiger partial charge in [-0.1, -0.05) is 12.2 Å². The summed E-state index contributed by atoms with van der Waals surface area (Å²) in [7, 11) is 4.32. The minimum Gasteiger partial charge on any atom is -0.507 e. The monoisotopic (exact) mass is 599 g/mol. The molecule has 1 amide bonds. The van der Waals surface area contributed by atoms with Gasteiger partial charge in [-0.05, 0) is 61.9 Å². The third-order valence-corrected chi connectivity index (χ3v) is 7.31. The van der Waals surface area contributed by atoms with E-state index in [1.54, 1.807) is 31.2 Å². The molecule has 0 bridgehead atoms. The largest absolute Gasteiger partial charge is 0.507 e. The van der Waals surface area contributed by atoms with Gasteiger partial charge in [-0.3, -0.25) is 9.59 Å². The van der Waals surface area contributed by atoms with Gasteiger partial charge < -0.3 is 39.6 Å². The maximum atomic E-state index is 13.5. The van der Waals surface area contributed by atoms with Crippen molar-refractivity contribution in [1.29, 1.82) is 0 Å². The van der Waals surface area contributed by atoms with E-state index in [1.807, 2.05) is 0 Å². The van der Waals surface area contributed by atoms with Gasteiger partial charge in [-0.2, -0.15) is 0 Å². The van der Waals surface area contributed by atoms with Crippen molar-refractivity contribution in [3.05, 3.63) is 46.5 Å². The first-order chi connectivity index (χ1) is 20.6. The molecule has 11 heteroatoms. The first-order valence-corrected chi connectivity index (χ1v) is 14.3. The molecular weight excluding hydrogens is 558 g/mol. The fourth-order valence-electron chi connectivity index (χ4n) is 5.16. The second-order valence-electron chi connectivity index (χ2n) is 10.4. The number of aliphatic hydroxyl groups is 1. The molecule has 1 heterocycles. The second-order valence-corrected chi connectivity index (χ2v) is 10.4. The number of hydrogen-bond acceptors (Lipinski definition) is 10. The number of hydrogen-bond donors (Lipinski definition) is 4. The van der Waals surface area contributed by atoms with Crippen molar-refractivity contribution in [3.8, 4) is 28.7 Å². The number of amides is 1. The quantitative estimate of drug-likeness (QED) is 0.307. The number of rotatable bonds is 9. The topological polar surface area (TPSA) is 161 Å². The van der Waals surface area contributed by atoms with Crippen LogP contribution in [0.25, 0.3) is 6.08 Å². The summed E-state index contributed by atoms with van der Waals surface area (Å²) in [4.78, 5) is 38.6. The summed E-state index contributed by atoms with van der Waals surface area (Å²) in [5, 5.41) is 34.8. The molecule has 4 N–H and O–H groups in total. The molecule has 0 spiro atoms. The zero-order chi connectivity index (χ0) is 31.5. The molecule has 0 fully saturated rings. The normalized spacial score (nSPS) is 16.8. The van der Waals surface area contributed by atoms with E-state index in [0.29, 0.717) is 49.8 Å². The van der Waals surface area contributed by atoms with Gasteiger partial charge in [-0.15, -0.1) is 0 Å². The van der Waals surface area contributed by atoms with Crippen molar-refractivity contribution >= 4 is 23.7 Å². The maximum Gasteiger partial charge on any atom is 0.342 e. The molecule has 0 radical (unpaired) electrons. The van der Waals surface area contributed by atoms with E-state index in [1.165, 1.54) is 27.4 Å². The lowest BCUT2D eigenvalue weighted by molar-refractivity contribution is -0.121. The first-order valence-electron chi connectivity index (χ1n) is 14.3. The van der Waals surface area contributed by atoms with Crippen molar-refractivity contribution in [3.63, 3.8) is 0 Å². The summed E-state index contributed by atoms with van der Waals surface area (Å²) in [6, 6.07) is 4.54. The van der Waals surface area contributed by atoms with Gasteiger partial charge in [0.25, 0.3) is 0 Å². The van der Waals surface area contributed by atoms with Gasteiger partial charge in [0.1, 0.15) is 22.8 Å². The number of fused-ring (bicyclic) bond motifs is 1. The fourth-order valence-corrected chi connectivity index (χ4v) is 5.16. The number of cyclic esters (lactones) is 1. The number of ether oxygens (including phenoxy) is 4. The van der Waals surface area contributed by atoms with Gasteiger partial charge in [0, 0.05) is 37.3 Å². The number of phenolic OH excluding ortho intramolecular Hbond substituents is 2. The number of esters is 1. The summed E-state index contributed by atoms with van der Waals surface area (Å²) in [5.41, 5.74) is 0.420. The molecule has 43 heavy (non-hydrogen) atoms. The van der Waals surface area contributed by atoms with E-state index in [-0.39, 0.29) is 59.3 Å². The van der Waals surface area contributed by atoms with Crippen molar-refractivity contribution in [1.82, 2.24) is 5.32 Å². The second kappa shape index (κ2) is 15.8. The number of benzene rings is 2. The van der Waals surface area contributed by atoms with Crippen LogP contribution in [0, 0.1) is 0 Å². The highest BCUT2D eigenvalue weighted by molar-refractivity contribution is 5.98. The maximum absolute atomic E-state index is 13.5. The fraction of sp³-hybridized carbons (Fsp3) is 0.469. The van der Waals surface area contributed by atoms with Gasteiger partial charge in [0.15, 0.2) is 11.5 Å². The molecule has 0 aromatic heterocycles. The molecule has 234 valence electrons. The third kappa shape index (κ3) is 8.41. The van der Waals surface area contributed by atoms with Crippen LogP contribution in [-0.4, -0.2) is 73.6 Å². The highest BCUT2D eigenvalue weighted by Gasteiger charge is 2.32. The van der Waals surface area contributed by atoms with Crippen LogP contribution in [0.15, 0.2) is 24.3 Å². The Hall–Kier alpha value is -4.25. The number of Topliss-reactive ketones (excluding diaryl/α,β-unsaturated/α-hetero) is 1. The number of aromatic hydroxyl groups is 2. The zero-order valence-corrected chi connectivity index (χ0v) is 25.1. The van der Waals surface area contributed by atoms with Crippen LogP contribution >= 0.6 is 0 Å². The Labute approximate surface area is 251 Å². The van der Waals surface area contributed by atoms with E-state index in [0.717, 1.165) is 0 Å². The number of ketones is 1. The Morgan fingerprint density at radius 2 is 1.72 bits per heavy atom. The van der Waals surface area contributed by atoms with Crippen LogP contribution in [0.4, 0.5) is 0 Å². The van der Waals surface area contributed by atoms with E-state index in [4.69, 9.17) is 18.9 Å². The standard InChI is InChI=1S/C32H41NO10/c1-19-9-8-12-22(35)11-7-5-6-10-20-15-24(36)29(30(38)28(20)32(39)43-19)23(18-27(37)33-13-14-34)21-16-25(40-2)31(42-4)26(17-21)41-3/h6,10,15-17,19,23,34,36,38H,5,7-9,11-14,18H2,1-4H3,(H,33,37). The van der Waals surface area contributed by atoms with Crippen LogP contribution in [0.5, 0.6) is 28.7 Å². The zero-order valence-electron chi connectivity index (χ0n) is 25.1. The number of carbonyl (C=O) groups excluding carboxylic acids is 3. The molecule has 0 aliphatic carbocycles. The predicted octanol–water partition coefficient (Wildman–Crippen LogP) is 4.24. The van der Waals surface area contributed by atoms with Crippen LogP contribution < -0.4 is 19.5 Å². The first kappa shape index (κ1) is 33.3. The molecule has 2 unspecified atom stereocenters. The SMILES string of the molecule is COc1cc(C(CC(=O)NCCO)c2c(O)cc3c(c2O)C(=O)OC(C)CCCC(=O)CCCC=C3)cc(OC)c1OC. The number of aliphatic hydroxyl groups excluding tert-OH is 1. The molecule has 1 aliphatic heterocycles. The van der Waals surface area contributed by atoms with Crippen molar-refractivity contribution in [2.75, 3.05) is 34.5 Å². The number of carbonyl (C=O) groups is 3. The minimum absolute atomic E-state index is 0.00354. The van der Waals surface area contributed by atoms with Crippen molar-refractivity contribution < 1.29 is 48.7 Å². The lowest BCUT2D eigenvalue weighted by Crippen LogP contribution is -2.28. The summed E-state index contributed by atoms with van der Waals surface area (Å²) < 4.78 is 22.1. The van der Waals surface area contributed by atoms with Crippen molar-refractivity contribution in [2.45, 2.75) is 63.9 Å². The number of methoxy groups -OCH3 is 3. The van der Waals surface area contributed by atoms with Crippen LogP contribution in [0.3, 0.4) is 0 Å². The molecule has 2 aromatic rings. The number of nitrogens with one attached hydrogen (secondary N) is 1. The smallest absolute Gasteiger partial charge is 0.342 e. The summed E-state index contributed by atoms with van der Waals surface area (Å²) in [6.45, 7) is 1.44. The average molecular weight is 600 g/mol.